The van der Waals surface area contributed by atoms with Gasteiger partial charge in [0.05, 0.1) is 6.54 Å². The summed E-state index contributed by atoms with van der Waals surface area (Å²) in [6.45, 7) is 10.4. The first-order valence-electron chi connectivity index (χ1n) is 5.78. The van der Waals surface area contributed by atoms with Crippen molar-refractivity contribution in [3.05, 3.63) is 23.5 Å². The molecular formula is C12H25N3O. The molecule has 0 aromatic heterocycles. The SMILES string of the molecule is C/C=C1/NC(=O)N(C)C/C1=C/N.CC.CC. The number of carbonyl (C=O) groups is 1. The Hall–Kier alpha value is -1.45. The van der Waals surface area contributed by atoms with Crippen LogP contribution in [0, 0.1) is 0 Å². The second kappa shape index (κ2) is 10.1. The average molecular weight is 227 g/mol. The molecule has 0 aliphatic carbocycles. The van der Waals surface area contributed by atoms with Gasteiger partial charge in [0.2, 0.25) is 0 Å². The van der Waals surface area contributed by atoms with E-state index in [1.807, 2.05) is 40.7 Å². The van der Waals surface area contributed by atoms with Crippen LogP contribution in [0.5, 0.6) is 0 Å². The number of urea groups is 1. The summed E-state index contributed by atoms with van der Waals surface area (Å²) in [4.78, 5) is 12.7. The normalized spacial score (nSPS) is 19.4. The highest BCUT2D eigenvalue weighted by atomic mass is 16.2. The van der Waals surface area contributed by atoms with Gasteiger partial charge in [-0.15, -0.1) is 0 Å². The number of carbonyl (C=O) groups excluding carboxylic acids is 1. The fourth-order valence-corrected chi connectivity index (χ4v) is 1.10. The zero-order valence-electron chi connectivity index (χ0n) is 11.3. The monoisotopic (exact) mass is 227 g/mol. The molecule has 1 saturated heterocycles. The van der Waals surface area contributed by atoms with Crippen molar-refractivity contribution in [2.75, 3.05) is 13.6 Å². The molecule has 0 bridgehead atoms. The summed E-state index contributed by atoms with van der Waals surface area (Å²) >= 11 is 0. The molecule has 1 fully saturated rings. The molecule has 3 N–H and O–H groups in total. The van der Waals surface area contributed by atoms with E-state index in [2.05, 4.69) is 5.32 Å². The van der Waals surface area contributed by atoms with Crippen LogP contribution in [0.25, 0.3) is 0 Å². The Bertz CT molecular complexity index is 257. The van der Waals surface area contributed by atoms with Crippen LogP contribution in [0.3, 0.4) is 0 Å². The molecule has 1 rings (SSSR count). The summed E-state index contributed by atoms with van der Waals surface area (Å²) in [5, 5.41) is 2.72. The van der Waals surface area contributed by atoms with E-state index in [9.17, 15) is 4.79 Å². The smallest absolute Gasteiger partial charge is 0.321 e. The van der Waals surface area contributed by atoms with Gasteiger partial charge < -0.3 is 16.0 Å². The minimum atomic E-state index is -0.0892. The predicted octanol–water partition coefficient (Wildman–Crippen LogP) is 2.44. The zero-order chi connectivity index (χ0) is 13.1. The van der Waals surface area contributed by atoms with E-state index >= 15 is 0 Å². The summed E-state index contributed by atoms with van der Waals surface area (Å²) in [5.41, 5.74) is 7.15. The number of nitrogens with two attached hydrogens (primary N) is 1. The van der Waals surface area contributed by atoms with Gasteiger partial charge >= 0.3 is 6.03 Å². The number of nitrogens with one attached hydrogen (secondary N) is 1. The third-order valence-corrected chi connectivity index (χ3v) is 1.83. The van der Waals surface area contributed by atoms with Gasteiger partial charge in [0.1, 0.15) is 0 Å². The fraction of sp³-hybridized carbons (Fsp3) is 0.583. The molecule has 0 spiro atoms. The standard InChI is InChI=1S/C8H13N3O.2C2H6/c1-3-7-6(4-9)5-11(2)8(12)10-7;2*1-2/h3-4H,5,9H2,1-2H3,(H,10,12);2*1-2H3/b6-4-,7-3+;;. The third-order valence-electron chi connectivity index (χ3n) is 1.83. The summed E-state index contributed by atoms with van der Waals surface area (Å²) in [7, 11) is 1.73. The van der Waals surface area contributed by atoms with Crippen molar-refractivity contribution in [1.82, 2.24) is 10.2 Å². The lowest BCUT2D eigenvalue weighted by Crippen LogP contribution is -2.44. The highest BCUT2D eigenvalue weighted by Crippen LogP contribution is 2.12. The van der Waals surface area contributed by atoms with Crippen LogP contribution < -0.4 is 11.1 Å². The maximum Gasteiger partial charge on any atom is 0.321 e. The highest BCUT2D eigenvalue weighted by molar-refractivity contribution is 5.79. The van der Waals surface area contributed by atoms with E-state index in [0.717, 1.165) is 11.3 Å². The van der Waals surface area contributed by atoms with Crippen molar-refractivity contribution in [3.63, 3.8) is 0 Å². The van der Waals surface area contributed by atoms with Gasteiger partial charge in [0.25, 0.3) is 0 Å². The summed E-state index contributed by atoms with van der Waals surface area (Å²) < 4.78 is 0. The minimum absolute atomic E-state index is 0.0892. The van der Waals surface area contributed by atoms with E-state index in [0.29, 0.717) is 6.54 Å². The first kappa shape index (κ1) is 17.0. The Balaban J connectivity index is 0. The molecule has 1 aliphatic rings. The van der Waals surface area contributed by atoms with Gasteiger partial charge in [0, 0.05) is 24.5 Å². The van der Waals surface area contributed by atoms with E-state index in [4.69, 9.17) is 5.73 Å². The van der Waals surface area contributed by atoms with Gasteiger partial charge in [-0.25, -0.2) is 4.79 Å². The highest BCUT2D eigenvalue weighted by Gasteiger charge is 2.20. The van der Waals surface area contributed by atoms with Crippen molar-refractivity contribution >= 4 is 6.03 Å². The van der Waals surface area contributed by atoms with Crippen LogP contribution in [-0.2, 0) is 0 Å². The first-order valence-corrected chi connectivity index (χ1v) is 5.78. The number of allylic oxidation sites excluding steroid dienone is 1. The molecule has 0 aromatic rings. The summed E-state index contributed by atoms with van der Waals surface area (Å²) in [5.74, 6) is 0. The summed E-state index contributed by atoms with van der Waals surface area (Å²) in [6.07, 6.45) is 3.36. The fourth-order valence-electron chi connectivity index (χ4n) is 1.10. The van der Waals surface area contributed by atoms with Crippen molar-refractivity contribution in [2.45, 2.75) is 34.6 Å². The van der Waals surface area contributed by atoms with Crippen molar-refractivity contribution in [1.29, 1.82) is 0 Å². The van der Waals surface area contributed by atoms with Crippen LogP contribution in [0.15, 0.2) is 23.5 Å². The van der Waals surface area contributed by atoms with Gasteiger partial charge in [-0.2, -0.15) is 0 Å². The van der Waals surface area contributed by atoms with E-state index < -0.39 is 0 Å². The Morgan fingerprint density at radius 2 is 1.81 bits per heavy atom. The maximum absolute atomic E-state index is 11.1. The first-order chi connectivity index (χ1) is 7.69. The quantitative estimate of drug-likeness (QED) is 0.668. The lowest BCUT2D eigenvalue weighted by molar-refractivity contribution is 0.211. The molecule has 0 atom stereocenters. The Labute approximate surface area is 99.2 Å². The number of nitrogens with zero attached hydrogens (tertiary/aromatic N) is 1. The Kier molecular flexibility index (Phi) is 10.7. The van der Waals surface area contributed by atoms with Gasteiger partial charge in [0.15, 0.2) is 0 Å². The molecular weight excluding hydrogens is 202 g/mol. The van der Waals surface area contributed by atoms with Crippen LogP contribution in [0.1, 0.15) is 34.6 Å². The van der Waals surface area contributed by atoms with Crippen LogP contribution in [-0.4, -0.2) is 24.5 Å². The topological polar surface area (TPSA) is 58.4 Å². The number of amides is 2. The van der Waals surface area contributed by atoms with Gasteiger partial charge in [-0.1, -0.05) is 33.8 Å². The number of hydrogen-bond acceptors (Lipinski definition) is 2. The Morgan fingerprint density at radius 3 is 2.19 bits per heavy atom. The molecule has 4 heteroatoms. The van der Waals surface area contributed by atoms with Gasteiger partial charge in [-0.05, 0) is 6.92 Å². The number of rotatable bonds is 0. The van der Waals surface area contributed by atoms with Gasteiger partial charge in [-0.3, -0.25) is 0 Å². The molecule has 4 nitrogen and oxygen atoms in total. The molecule has 0 saturated carbocycles. The van der Waals surface area contributed by atoms with Crippen molar-refractivity contribution in [2.24, 2.45) is 5.73 Å². The van der Waals surface area contributed by atoms with Crippen molar-refractivity contribution in [3.8, 4) is 0 Å². The largest absolute Gasteiger partial charge is 0.404 e. The molecule has 0 aromatic carbocycles. The predicted molar refractivity (Wildman–Crippen MR) is 69.9 cm³/mol. The van der Waals surface area contributed by atoms with Crippen LogP contribution in [0.2, 0.25) is 0 Å². The van der Waals surface area contributed by atoms with Crippen LogP contribution in [0.4, 0.5) is 4.79 Å². The lowest BCUT2D eigenvalue weighted by Gasteiger charge is -2.27. The molecule has 0 radical (unpaired) electrons. The minimum Gasteiger partial charge on any atom is -0.404 e. The molecule has 0 unspecified atom stereocenters. The van der Waals surface area contributed by atoms with Crippen LogP contribution >= 0.6 is 0 Å². The number of likely N-dealkylation sites (N-methyl/N-ethyl adjacent to an activating group) is 1. The van der Waals surface area contributed by atoms with E-state index in [-0.39, 0.29) is 6.03 Å². The molecule has 1 heterocycles. The molecule has 16 heavy (non-hydrogen) atoms. The third kappa shape index (κ3) is 4.87. The molecule has 1 aliphatic heterocycles. The average Bonchev–Trinajstić information content (AvgIpc) is 2.37. The number of hydrogen-bond donors (Lipinski definition) is 2. The summed E-state index contributed by atoms with van der Waals surface area (Å²) in [6, 6.07) is -0.0892. The second-order valence-electron chi connectivity index (χ2n) is 2.68. The maximum atomic E-state index is 11.1. The van der Waals surface area contributed by atoms with E-state index in [1.54, 1.807) is 11.9 Å². The van der Waals surface area contributed by atoms with Crippen molar-refractivity contribution < 1.29 is 4.79 Å². The van der Waals surface area contributed by atoms with E-state index in [1.165, 1.54) is 6.20 Å². The second-order valence-corrected chi connectivity index (χ2v) is 2.68. The molecule has 2 amide bonds. The Morgan fingerprint density at radius 1 is 1.31 bits per heavy atom. The molecule has 94 valence electrons. The zero-order valence-corrected chi connectivity index (χ0v) is 11.3. The lowest BCUT2D eigenvalue weighted by atomic mass is 10.1.